The summed E-state index contributed by atoms with van der Waals surface area (Å²) in [6, 6.07) is 6.30. The molecule has 0 bridgehead atoms. The van der Waals surface area contributed by atoms with Crippen molar-refractivity contribution in [3.63, 3.8) is 0 Å². The highest BCUT2D eigenvalue weighted by Gasteiger charge is 2.19. The first-order valence-corrected chi connectivity index (χ1v) is 7.37. The van der Waals surface area contributed by atoms with E-state index in [0.717, 1.165) is 44.7 Å². The number of oxazole rings is 1. The zero-order valence-electron chi connectivity index (χ0n) is 12.4. The Hall–Kier alpha value is -1.43. The smallest absolute Gasteiger partial charge is 0.226 e. The summed E-state index contributed by atoms with van der Waals surface area (Å²) >= 11 is 0. The monoisotopic (exact) mass is 325 g/mol. The number of piperidine rings is 1. The van der Waals surface area contributed by atoms with Gasteiger partial charge in [-0.1, -0.05) is 6.07 Å². The number of hydrogen-bond donors (Lipinski definition) is 1. The van der Waals surface area contributed by atoms with Crippen LogP contribution in [0.15, 0.2) is 34.9 Å². The zero-order valence-corrected chi connectivity index (χ0v) is 13.2. The predicted octanol–water partition coefficient (Wildman–Crippen LogP) is 3.07. The Kier molecular flexibility index (Phi) is 5.94. The lowest BCUT2D eigenvalue weighted by Gasteiger charge is -2.30. The zero-order chi connectivity index (χ0) is 14.7. The molecule has 0 amide bonds. The Bertz CT molecular complexity index is 597. The summed E-state index contributed by atoms with van der Waals surface area (Å²) in [5.74, 6) is 0.846. The van der Waals surface area contributed by atoms with E-state index < -0.39 is 0 Å². The minimum atomic E-state index is -0.281. The number of rotatable bonds is 4. The highest BCUT2D eigenvalue weighted by atomic mass is 35.5. The van der Waals surface area contributed by atoms with Crippen LogP contribution in [0.3, 0.4) is 0 Å². The number of benzene rings is 1. The van der Waals surface area contributed by atoms with E-state index in [1.54, 1.807) is 18.4 Å². The van der Waals surface area contributed by atoms with Crippen LogP contribution in [0.1, 0.15) is 18.5 Å². The summed E-state index contributed by atoms with van der Waals surface area (Å²) in [5, 5.41) is 0. The molecule has 1 aliphatic rings. The Morgan fingerprint density at radius 1 is 1.32 bits per heavy atom. The van der Waals surface area contributed by atoms with Gasteiger partial charge in [-0.05, 0) is 56.6 Å². The van der Waals surface area contributed by atoms with Crippen molar-refractivity contribution >= 4 is 12.4 Å². The first-order valence-electron chi connectivity index (χ1n) is 7.37. The molecular formula is C16H21ClFN3O. The summed E-state index contributed by atoms with van der Waals surface area (Å²) in [6.07, 6.45) is 3.95. The molecule has 0 spiro atoms. The molecule has 2 heterocycles. The SMILES string of the molecule is Cl.NCC1CCN(Cc2coc(-c3cccc(F)c3)n2)CC1. The molecule has 2 aromatic rings. The van der Waals surface area contributed by atoms with E-state index in [0.29, 0.717) is 17.4 Å². The standard InChI is InChI=1S/C16H20FN3O.ClH/c17-14-3-1-2-13(8-14)16-19-15(11-21-16)10-20-6-4-12(9-18)5-7-20;/h1-3,8,11-12H,4-7,9-10,18H2;1H. The summed E-state index contributed by atoms with van der Waals surface area (Å²) in [7, 11) is 0. The van der Waals surface area contributed by atoms with Gasteiger partial charge in [0.25, 0.3) is 0 Å². The Morgan fingerprint density at radius 2 is 2.09 bits per heavy atom. The number of nitrogens with zero attached hydrogens (tertiary/aromatic N) is 2. The van der Waals surface area contributed by atoms with Crippen LogP contribution in [0.4, 0.5) is 4.39 Å². The lowest BCUT2D eigenvalue weighted by atomic mass is 9.97. The van der Waals surface area contributed by atoms with Gasteiger partial charge in [-0.3, -0.25) is 4.90 Å². The van der Waals surface area contributed by atoms with Gasteiger partial charge in [0.2, 0.25) is 5.89 Å². The fourth-order valence-corrected chi connectivity index (χ4v) is 2.74. The molecule has 3 rings (SSSR count). The van der Waals surface area contributed by atoms with Gasteiger partial charge < -0.3 is 10.2 Å². The molecule has 2 N–H and O–H groups in total. The normalized spacial score (nSPS) is 16.5. The molecule has 1 aliphatic heterocycles. The summed E-state index contributed by atoms with van der Waals surface area (Å²) in [5.41, 5.74) is 7.26. The van der Waals surface area contributed by atoms with E-state index in [2.05, 4.69) is 9.88 Å². The van der Waals surface area contributed by atoms with Crippen molar-refractivity contribution in [2.45, 2.75) is 19.4 Å². The first kappa shape index (κ1) is 16.9. The first-order chi connectivity index (χ1) is 10.2. The number of hydrogen-bond acceptors (Lipinski definition) is 4. The van der Waals surface area contributed by atoms with Crippen molar-refractivity contribution in [3.05, 3.63) is 42.0 Å². The van der Waals surface area contributed by atoms with Crippen molar-refractivity contribution < 1.29 is 8.81 Å². The van der Waals surface area contributed by atoms with Crippen molar-refractivity contribution in [2.24, 2.45) is 11.7 Å². The van der Waals surface area contributed by atoms with Crippen molar-refractivity contribution in [1.82, 2.24) is 9.88 Å². The van der Waals surface area contributed by atoms with Crippen LogP contribution < -0.4 is 5.73 Å². The van der Waals surface area contributed by atoms with Gasteiger partial charge >= 0.3 is 0 Å². The third-order valence-corrected chi connectivity index (χ3v) is 4.05. The highest BCUT2D eigenvalue weighted by Crippen LogP contribution is 2.22. The fraction of sp³-hybridized carbons (Fsp3) is 0.438. The highest BCUT2D eigenvalue weighted by molar-refractivity contribution is 5.85. The van der Waals surface area contributed by atoms with Crippen molar-refractivity contribution in [1.29, 1.82) is 0 Å². The molecule has 1 fully saturated rings. The van der Waals surface area contributed by atoms with Crippen LogP contribution in [0.2, 0.25) is 0 Å². The minimum absolute atomic E-state index is 0. The molecule has 22 heavy (non-hydrogen) atoms. The van der Waals surface area contributed by atoms with Gasteiger partial charge in [0.1, 0.15) is 12.1 Å². The van der Waals surface area contributed by atoms with Gasteiger partial charge in [-0.25, -0.2) is 9.37 Å². The molecule has 4 nitrogen and oxygen atoms in total. The molecule has 6 heteroatoms. The number of likely N-dealkylation sites (tertiary alicyclic amines) is 1. The topological polar surface area (TPSA) is 55.3 Å². The lowest BCUT2D eigenvalue weighted by Crippen LogP contribution is -2.35. The van der Waals surface area contributed by atoms with Crippen LogP contribution >= 0.6 is 12.4 Å². The molecule has 1 saturated heterocycles. The van der Waals surface area contributed by atoms with Gasteiger partial charge in [0.05, 0.1) is 5.69 Å². The maximum absolute atomic E-state index is 13.2. The van der Waals surface area contributed by atoms with Crippen LogP contribution in [0.25, 0.3) is 11.5 Å². The van der Waals surface area contributed by atoms with Gasteiger partial charge in [0, 0.05) is 12.1 Å². The van der Waals surface area contributed by atoms with E-state index in [4.69, 9.17) is 10.2 Å². The average Bonchev–Trinajstić information content (AvgIpc) is 2.97. The number of halogens is 2. The summed E-state index contributed by atoms with van der Waals surface area (Å²) in [4.78, 5) is 6.82. The minimum Gasteiger partial charge on any atom is -0.444 e. The van der Waals surface area contributed by atoms with Crippen molar-refractivity contribution in [3.8, 4) is 11.5 Å². The van der Waals surface area contributed by atoms with Crippen LogP contribution in [-0.2, 0) is 6.54 Å². The van der Waals surface area contributed by atoms with Crippen LogP contribution in [0.5, 0.6) is 0 Å². The van der Waals surface area contributed by atoms with E-state index >= 15 is 0 Å². The third kappa shape index (κ3) is 4.06. The molecule has 1 aromatic carbocycles. The maximum Gasteiger partial charge on any atom is 0.226 e. The maximum atomic E-state index is 13.2. The predicted molar refractivity (Wildman–Crippen MR) is 86.2 cm³/mol. The molecule has 0 aliphatic carbocycles. The molecular weight excluding hydrogens is 305 g/mol. The average molecular weight is 326 g/mol. The quantitative estimate of drug-likeness (QED) is 0.938. The van der Waals surface area contributed by atoms with E-state index in [9.17, 15) is 4.39 Å². The van der Waals surface area contributed by atoms with E-state index in [1.165, 1.54) is 12.1 Å². The van der Waals surface area contributed by atoms with Crippen LogP contribution in [-0.4, -0.2) is 29.5 Å². The number of nitrogens with two attached hydrogens (primary N) is 1. The fourth-order valence-electron chi connectivity index (χ4n) is 2.74. The largest absolute Gasteiger partial charge is 0.444 e. The summed E-state index contributed by atoms with van der Waals surface area (Å²) < 4.78 is 18.7. The molecule has 1 aromatic heterocycles. The van der Waals surface area contributed by atoms with E-state index in [1.807, 2.05) is 0 Å². The molecule has 0 atom stereocenters. The lowest BCUT2D eigenvalue weighted by molar-refractivity contribution is 0.178. The Balaban J connectivity index is 0.00000176. The molecule has 0 saturated carbocycles. The summed E-state index contributed by atoms with van der Waals surface area (Å²) in [6.45, 7) is 3.64. The number of aromatic nitrogens is 1. The third-order valence-electron chi connectivity index (χ3n) is 4.05. The molecule has 0 unspecified atom stereocenters. The Labute approximate surface area is 135 Å². The van der Waals surface area contributed by atoms with E-state index in [-0.39, 0.29) is 18.2 Å². The molecule has 120 valence electrons. The van der Waals surface area contributed by atoms with Gasteiger partial charge in [-0.15, -0.1) is 12.4 Å². The Morgan fingerprint density at radius 3 is 2.77 bits per heavy atom. The van der Waals surface area contributed by atoms with Crippen LogP contribution in [0, 0.1) is 11.7 Å². The second-order valence-corrected chi connectivity index (χ2v) is 5.61. The second-order valence-electron chi connectivity index (χ2n) is 5.61. The molecule has 0 radical (unpaired) electrons. The van der Waals surface area contributed by atoms with Gasteiger partial charge in [-0.2, -0.15) is 0 Å². The van der Waals surface area contributed by atoms with Crippen molar-refractivity contribution in [2.75, 3.05) is 19.6 Å². The second kappa shape index (κ2) is 7.72. The van der Waals surface area contributed by atoms with Gasteiger partial charge in [0.15, 0.2) is 0 Å².